The minimum absolute atomic E-state index is 0.105. The lowest BCUT2D eigenvalue weighted by molar-refractivity contribution is 0.0894. The molecule has 1 aromatic rings. The number of methoxy groups -OCH3 is 1. The minimum Gasteiger partial charge on any atom is -0.383 e. The first-order valence-corrected chi connectivity index (χ1v) is 8.56. The number of amides is 1. The van der Waals surface area contributed by atoms with E-state index in [1.54, 1.807) is 0 Å². The van der Waals surface area contributed by atoms with Gasteiger partial charge in [-0.25, -0.2) is 12.8 Å². The molecule has 0 saturated carbocycles. The molecule has 0 fully saturated rings. The first kappa shape index (κ1) is 17.9. The van der Waals surface area contributed by atoms with Gasteiger partial charge in [-0.05, 0) is 25.5 Å². The Morgan fingerprint density at radius 1 is 1.48 bits per heavy atom. The largest absolute Gasteiger partial charge is 0.383 e. The Bertz CT molecular complexity index is 633. The highest BCUT2D eigenvalue weighted by Crippen LogP contribution is 2.23. The maximum absolute atomic E-state index is 13.8. The first-order valence-electron chi connectivity index (χ1n) is 6.25. The standard InChI is InChI=1S/C13H17ClFNO4S/c1-4-10(7-20-3)16-13(17)9-5-11(15)8(2)12(6-9)21(14,18)19/h5-6,10H,4,7H2,1-3H3,(H,16,17). The third kappa shape index (κ3) is 4.66. The van der Waals surface area contributed by atoms with E-state index in [2.05, 4.69) is 5.32 Å². The van der Waals surface area contributed by atoms with Crippen LogP contribution in [0.4, 0.5) is 4.39 Å². The summed E-state index contributed by atoms with van der Waals surface area (Å²) in [6.07, 6.45) is 0.620. The molecule has 1 aromatic carbocycles. The summed E-state index contributed by atoms with van der Waals surface area (Å²) >= 11 is 0. The lowest BCUT2D eigenvalue weighted by Gasteiger charge is -2.16. The maximum Gasteiger partial charge on any atom is 0.261 e. The average molecular weight is 338 g/mol. The van der Waals surface area contributed by atoms with Crippen LogP contribution in [0.25, 0.3) is 0 Å². The topological polar surface area (TPSA) is 72.5 Å². The van der Waals surface area contributed by atoms with Gasteiger partial charge in [0.2, 0.25) is 0 Å². The Morgan fingerprint density at radius 3 is 2.57 bits per heavy atom. The third-order valence-corrected chi connectivity index (χ3v) is 4.47. The fraction of sp³-hybridized carbons (Fsp3) is 0.462. The van der Waals surface area contributed by atoms with Crippen LogP contribution in [0.15, 0.2) is 17.0 Å². The molecule has 118 valence electrons. The van der Waals surface area contributed by atoms with Gasteiger partial charge >= 0.3 is 0 Å². The van der Waals surface area contributed by atoms with Crippen molar-refractivity contribution in [1.29, 1.82) is 0 Å². The molecule has 1 atom stereocenters. The van der Waals surface area contributed by atoms with Gasteiger partial charge in [0, 0.05) is 28.9 Å². The lowest BCUT2D eigenvalue weighted by Crippen LogP contribution is -2.37. The fourth-order valence-corrected chi connectivity index (χ4v) is 2.98. The molecule has 1 N–H and O–H groups in total. The van der Waals surface area contributed by atoms with Gasteiger partial charge < -0.3 is 10.1 Å². The number of halogens is 2. The van der Waals surface area contributed by atoms with Gasteiger partial charge in [-0.1, -0.05) is 6.92 Å². The quantitative estimate of drug-likeness (QED) is 0.808. The molecule has 0 aliphatic heterocycles. The zero-order valence-corrected chi connectivity index (χ0v) is 13.5. The van der Waals surface area contributed by atoms with Gasteiger partial charge in [0.25, 0.3) is 15.0 Å². The molecule has 1 unspecified atom stereocenters. The van der Waals surface area contributed by atoms with Gasteiger partial charge in [-0.3, -0.25) is 4.79 Å². The summed E-state index contributed by atoms with van der Waals surface area (Å²) in [5.74, 6) is -1.39. The lowest BCUT2D eigenvalue weighted by atomic mass is 10.1. The van der Waals surface area contributed by atoms with Crippen molar-refractivity contribution in [2.75, 3.05) is 13.7 Å². The molecule has 0 spiro atoms. The van der Waals surface area contributed by atoms with Gasteiger partial charge in [-0.2, -0.15) is 0 Å². The van der Waals surface area contributed by atoms with E-state index < -0.39 is 25.7 Å². The molecule has 1 amide bonds. The van der Waals surface area contributed by atoms with E-state index in [1.165, 1.54) is 14.0 Å². The number of hydrogen-bond donors (Lipinski definition) is 1. The predicted molar refractivity (Wildman–Crippen MR) is 77.6 cm³/mol. The second-order valence-electron chi connectivity index (χ2n) is 4.55. The highest BCUT2D eigenvalue weighted by Gasteiger charge is 2.21. The highest BCUT2D eigenvalue weighted by molar-refractivity contribution is 8.13. The molecule has 0 aliphatic carbocycles. The van der Waals surface area contributed by atoms with Crippen molar-refractivity contribution < 1.29 is 22.3 Å². The second-order valence-corrected chi connectivity index (χ2v) is 7.09. The highest BCUT2D eigenvalue weighted by atomic mass is 35.7. The van der Waals surface area contributed by atoms with Crippen LogP contribution in [0.3, 0.4) is 0 Å². The van der Waals surface area contributed by atoms with Crippen molar-refractivity contribution in [1.82, 2.24) is 5.32 Å². The molecule has 5 nitrogen and oxygen atoms in total. The summed E-state index contributed by atoms with van der Waals surface area (Å²) < 4.78 is 41.5. The minimum atomic E-state index is -4.13. The molecule has 0 aliphatic rings. The smallest absolute Gasteiger partial charge is 0.261 e. The molecule has 8 heteroatoms. The normalized spacial score (nSPS) is 13.0. The van der Waals surface area contributed by atoms with Crippen molar-refractivity contribution in [2.24, 2.45) is 0 Å². The van der Waals surface area contributed by atoms with E-state index in [4.69, 9.17) is 15.4 Å². The number of carbonyl (C=O) groups excluding carboxylic acids is 1. The van der Waals surface area contributed by atoms with Gasteiger partial charge in [-0.15, -0.1) is 0 Å². The zero-order chi connectivity index (χ0) is 16.2. The fourth-order valence-electron chi connectivity index (χ4n) is 1.77. The van der Waals surface area contributed by atoms with Crippen molar-refractivity contribution in [3.8, 4) is 0 Å². The summed E-state index contributed by atoms with van der Waals surface area (Å²) in [7, 11) is 2.62. The number of rotatable bonds is 6. The van der Waals surface area contributed by atoms with Crippen LogP contribution in [0.5, 0.6) is 0 Å². The summed E-state index contributed by atoms with van der Waals surface area (Å²) in [4.78, 5) is 11.7. The SMILES string of the molecule is CCC(COC)NC(=O)c1cc(F)c(C)c(S(=O)(=O)Cl)c1. The van der Waals surface area contributed by atoms with Crippen LogP contribution in [0.2, 0.25) is 0 Å². The number of hydrogen-bond acceptors (Lipinski definition) is 4. The first-order chi connectivity index (χ1) is 9.70. The van der Waals surface area contributed by atoms with Crippen LogP contribution >= 0.6 is 10.7 Å². The van der Waals surface area contributed by atoms with E-state index in [1.807, 2.05) is 6.92 Å². The van der Waals surface area contributed by atoms with E-state index >= 15 is 0 Å². The second kappa shape index (κ2) is 7.20. The molecule has 1 rings (SSSR count). The van der Waals surface area contributed by atoms with Crippen molar-refractivity contribution in [3.63, 3.8) is 0 Å². The number of ether oxygens (including phenoxy) is 1. The van der Waals surface area contributed by atoms with Crippen LogP contribution < -0.4 is 5.32 Å². The van der Waals surface area contributed by atoms with Crippen molar-refractivity contribution >= 4 is 25.6 Å². The van der Waals surface area contributed by atoms with Crippen molar-refractivity contribution in [3.05, 3.63) is 29.1 Å². The third-order valence-electron chi connectivity index (χ3n) is 3.02. The maximum atomic E-state index is 13.8. The molecular formula is C13H17ClFNO4S. The Kier molecular flexibility index (Phi) is 6.12. The Hall–Kier alpha value is -1.18. The van der Waals surface area contributed by atoms with Crippen LogP contribution in [0, 0.1) is 12.7 Å². The van der Waals surface area contributed by atoms with E-state index in [0.717, 1.165) is 12.1 Å². The molecule has 0 radical (unpaired) electrons. The van der Waals surface area contributed by atoms with Gasteiger partial charge in [0.05, 0.1) is 17.5 Å². The van der Waals surface area contributed by atoms with E-state index in [-0.39, 0.29) is 17.2 Å². The van der Waals surface area contributed by atoms with Crippen LogP contribution in [-0.4, -0.2) is 34.1 Å². The zero-order valence-electron chi connectivity index (χ0n) is 11.9. The molecule has 0 bridgehead atoms. The number of benzene rings is 1. The molecule has 21 heavy (non-hydrogen) atoms. The Labute approximate surface area is 127 Å². The average Bonchev–Trinajstić information content (AvgIpc) is 2.39. The number of carbonyl (C=O) groups is 1. The monoisotopic (exact) mass is 337 g/mol. The molecular weight excluding hydrogens is 321 g/mol. The summed E-state index contributed by atoms with van der Waals surface area (Å²) in [5, 5.41) is 2.64. The Morgan fingerprint density at radius 2 is 2.10 bits per heavy atom. The van der Waals surface area contributed by atoms with Crippen LogP contribution in [-0.2, 0) is 13.8 Å². The van der Waals surface area contributed by atoms with Crippen LogP contribution in [0.1, 0.15) is 29.3 Å². The summed E-state index contributed by atoms with van der Waals surface area (Å²) in [5.41, 5.74) is -0.225. The van der Waals surface area contributed by atoms with Gasteiger partial charge in [0.1, 0.15) is 5.82 Å². The molecule has 0 aromatic heterocycles. The molecule has 0 heterocycles. The van der Waals surface area contributed by atoms with Crippen molar-refractivity contribution in [2.45, 2.75) is 31.2 Å². The molecule has 0 saturated heterocycles. The van der Waals surface area contributed by atoms with E-state index in [9.17, 15) is 17.6 Å². The van der Waals surface area contributed by atoms with Gasteiger partial charge in [0.15, 0.2) is 0 Å². The summed E-state index contributed by atoms with van der Waals surface area (Å²) in [6.45, 7) is 3.44. The van der Waals surface area contributed by atoms with E-state index in [0.29, 0.717) is 13.0 Å². The summed E-state index contributed by atoms with van der Waals surface area (Å²) in [6, 6.07) is 1.80. The Balaban J connectivity index is 3.14. The number of nitrogens with one attached hydrogen (secondary N) is 1. The predicted octanol–water partition coefficient (Wildman–Crippen LogP) is 2.22.